The minimum Gasteiger partial charge on any atom is -0.445 e. The van der Waals surface area contributed by atoms with Gasteiger partial charge in [-0.1, -0.05) is 88.4 Å². The van der Waals surface area contributed by atoms with Gasteiger partial charge in [-0.3, -0.25) is 19.4 Å². The summed E-state index contributed by atoms with van der Waals surface area (Å²) in [6.07, 6.45) is -0.551. The molecule has 0 saturated carbocycles. The van der Waals surface area contributed by atoms with E-state index >= 15 is 0 Å². The van der Waals surface area contributed by atoms with E-state index in [4.69, 9.17) is 16.2 Å². The molecule has 0 aromatic heterocycles. The second kappa shape index (κ2) is 21.3. The number of hydrogen-bond donors (Lipinski definition) is 7. The Morgan fingerprint density at radius 3 is 2.06 bits per heavy atom. The van der Waals surface area contributed by atoms with Crippen LogP contribution in [0, 0.1) is 11.8 Å². The normalized spacial score (nSPS) is 13.5. The third kappa shape index (κ3) is 15.8. The van der Waals surface area contributed by atoms with Crippen LogP contribution in [-0.2, 0) is 32.1 Å². The maximum Gasteiger partial charge on any atom is 0.408 e. The van der Waals surface area contributed by atoms with Gasteiger partial charge in [0.15, 0.2) is 5.96 Å². The molecule has 2 aromatic rings. The van der Waals surface area contributed by atoms with Gasteiger partial charge < -0.3 is 42.6 Å². The number of nitrogens with two attached hydrogens (primary N) is 2. The molecule has 0 unspecified atom stereocenters. The van der Waals surface area contributed by atoms with Crippen LogP contribution in [0.1, 0.15) is 64.5 Å². The first-order valence-electron chi connectivity index (χ1n) is 16.5. The van der Waals surface area contributed by atoms with Gasteiger partial charge in [-0.05, 0) is 48.6 Å². The van der Waals surface area contributed by atoms with E-state index in [0.717, 1.165) is 11.1 Å². The number of hydrogen-bond acceptors (Lipinski definition) is 7. The van der Waals surface area contributed by atoms with Crippen molar-refractivity contribution in [2.24, 2.45) is 28.3 Å². The van der Waals surface area contributed by atoms with Crippen LogP contribution >= 0.6 is 0 Å². The molecule has 2 rings (SSSR count). The Balaban J connectivity index is 2.05. The molecule has 0 aliphatic carbocycles. The summed E-state index contributed by atoms with van der Waals surface area (Å²) in [5.74, 6) is -1.78. The van der Waals surface area contributed by atoms with Crippen molar-refractivity contribution in [1.29, 1.82) is 0 Å². The number of carbonyl (C=O) groups is 4. The number of rotatable bonds is 20. The molecule has 264 valence electrons. The number of carbonyl (C=O) groups excluding carboxylic acids is 4. The highest BCUT2D eigenvalue weighted by Gasteiger charge is 2.32. The van der Waals surface area contributed by atoms with E-state index in [-0.39, 0.29) is 49.7 Å². The minimum atomic E-state index is -1.15. The van der Waals surface area contributed by atoms with Crippen molar-refractivity contribution in [3.63, 3.8) is 0 Å². The Morgan fingerprint density at radius 1 is 0.854 bits per heavy atom. The first-order chi connectivity index (χ1) is 22.8. The molecule has 0 heterocycles. The van der Waals surface area contributed by atoms with Gasteiger partial charge in [-0.15, -0.1) is 0 Å². The average molecular weight is 668 g/mol. The van der Waals surface area contributed by atoms with E-state index < -0.39 is 42.1 Å². The molecule has 0 aliphatic rings. The maximum atomic E-state index is 13.6. The number of aliphatic hydroxyl groups excluding tert-OH is 1. The predicted octanol–water partition coefficient (Wildman–Crippen LogP) is 2.12. The van der Waals surface area contributed by atoms with E-state index in [9.17, 15) is 24.3 Å². The molecular weight excluding hydrogens is 614 g/mol. The van der Waals surface area contributed by atoms with Crippen molar-refractivity contribution in [1.82, 2.24) is 21.3 Å². The molecule has 4 atom stereocenters. The molecule has 13 heteroatoms. The lowest BCUT2D eigenvalue weighted by Crippen LogP contribution is -2.58. The summed E-state index contributed by atoms with van der Waals surface area (Å²) in [7, 11) is 0. The number of nitrogens with one attached hydrogen (secondary N) is 4. The molecular formula is C35H53N7O6. The number of ether oxygens (including phenoxy) is 1. The number of amides is 4. The Labute approximate surface area is 283 Å². The zero-order valence-electron chi connectivity index (χ0n) is 28.5. The van der Waals surface area contributed by atoms with Gasteiger partial charge in [0.1, 0.15) is 18.7 Å². The Bertz CT molecular complexity index is 1300. The summed E-state index contributed by atoms with van der Waals surface area (Å²) in [6, 6.07) is 16.0. The van der Waals surface area contributed by atoms with E-state index in [1.54, 1.807) is 26.0 Å². The third-order valence-electron chi connectivity index (χ3n) is 7.50. The Hall–Kier alpha value is -4.65. The van der Waals surface area contributed by atoms with Gasteiger partial charge in [0.2, 0.25) is 17.7 Å². The van der Waals surface area contributed by atoms with Gasteiger partial charge in [-0.25, -0.2) is 4.79 Å². The first kappa shape index (κ1) is 39.5. The summed E-state index contributed by atoms with van der Waals surface area (Å²) in [5, 5.41) is 22.1. The van der Waals surface area contributed by atoms with E-state index in [0.29, 0.717) is 25.8 Å². The van der Waals surface area contributed by atoms with Crippen molar-refractivity contribution >= 4 is 29.8 Å². The van der Waals surface area contributed by atoms with Crippen molar-refractivity contribution in [2.45, 2.75) is 90.6 Å². The zero-order valence-corrected chi connectivity index (χ0v) is 28.5. The van der Waals surface area contributed by atoms with E-state index in [1.165, 1.54) is 0 Å². The van der Waals surface area contributed by atoms with Crippen molar-refractivity contribution in [3.05, 3.63) is 71.8 Å². The van der Waals surface area contributed by atoms with Crippen LogP contribution < -0.4 is 32.7 Å². The first-order valence-corrected chi connectivity index (χ1v) is 16.5. The molecule has 2 aromatic carbocycles. The molecule has 4 amide bonds. The highest BCUT2D eigenvalue weighted by Crippen LogP contribution is 2.14. The monoisotopic (exact) mass is 667 g/mol. The molecule has 13 nitrogen and oxygen atoms in total. The Morgan fingerprint density at radius 2 is 1.48 bits per heavy atom. The third-order valence-corrected chi connectivity index (χ3v) is 7.50. The van der Waals surface area contributed by atoms with Gasteiger partial charge in [-0.2, -0.15) is 0 Å². The number of alkyl carbamates (subject to hydrolysis) is 1. The summed E-state index contributed by atoms with van der Waals surface area (Å²) in [5.41, 5.74) is 12.7. The molecule has 48 heavy (non-hydrogen) atoms. The fourth-order valence-electron chi connectivity index (χ4n) is 4.96. The largest absolute Gasteiger partial charge is 0.445 e. The summed E-state index contributed by atoms with van der Waals surface area (Å²) in [6.45, 7) is 8.10. The van der Waals surface area contributed by atoms with Crippen molar-refractivity contribution < 1.29 is 29.0 Å². The number of aliphatic hydroxyl groups is 1. The van der Waals surface area contributed by atoms with E-state index in [2.05, 4.69) is 26.3 Å². The average Bonchev–Trinajstić information content (AvgIpc) is 3.04. The topological polar surface area (TPSA) is 210 Å². The molecule has 0 aliphatic heterocycles. The smallest absolute Gasteiger partial charge is 0.408 e. The van der Waals surface area contributed by atoms with Crippen LogP contribution in [0.2, 0.25) is 0 Å². The second-order valence-corrected chi connectivity index (χ2v) is 12.5. The standard InChI is InChI=1S/C35H53N7O6/c1-23(2)20-28(29(43)21-30(44)38-19-17-25-12-7-5-8-13-25)40-33(46)31(24(3)4)42-32(45)27(16-11-18-39-34(36)37)41-35(47)48-22-26-14-9-6-10-15-26/h5-10,12-15,23-24,27-29,31,43H,11,16-22H2,1-4H3,(H,38,44)(H,40,46)(H,41,47)(H,42,45)(H4,36,37,39)/t27-,28-,29+,31-/m0/s1. The van der Waals surface area contributed by atoms with Crippen LogP contribution in [0.4, 0.5) is 4.79 Å². The van der Waals surface area contributed by atoms with Crippen molar-refractivity contribution in [2.75, 3.05) is 13.1 Å². The lowest BCUT2D eigenvalue weighted by atomic mass is 9.95. The van der Waals surface area contributed by atoms with Crippen LogP contribution in [0.25, 0.3) is 0 Å². The highest BCUT2D eigenvalue weighted by atomic mass is 16.5. The fraction of sp³-hybridized carbons (Fsp3) is 0.514. The highest BCUT2D eigenvalue weighted by molar-refractivity contribution is 5.91. The van der Waals surface area contributed by atoms with Gasteiger partial charge in [0.05, 0.1) is 18.6 Å². The minimum absolute atomic E-state index is 0.0106. The van der Waals surface area contributed by atoms with Crippen LogP contribution in [0.3, 0.4) is 0 Å². The quantitative estimate of drug-likeness (QED) is 0.0630. The maximum absolute atomic E-state index is 13.6. The zero-order chi connectivity index (χ0) is 35.5. The van der Waals surface area contributed by atoms with Crippen LogP contribution in [0.5, 0.6) is 0 Å². The van der Waals surface area contributed by atoms with Crippen LogP contribution in [-0.4, -0.2) is 72.2 Å². The summed E-state index contributed by atoms with van der Waals surface area (Å²) in [4.78, 5) is 56.3. The Kier molecular flexibility index (Phi) is 17.5. The number of guanidine groups is 1. The second-order valence-electron chi connectivity index (χ2n) is 12.5. The lowest BCUT2D eigenvalue weighted by molar-refractivity contribution is -0.132. The van der Waals surface area contributed by atoms with Gasteiger partial charge in [0, 0.05) is 13.1 Å². The summed E-state index contributed by atoms with van der Waals surface area (Å²) < 4.78 is 5.31. The number of nitrogens with zero attached hydrogens (tertiary/aromatic N) is 1. The van der Waals surface area contributed by atoms with Gasteiger partial charge in [0.25, 0.3) is 0 Å². The predicted molar refractivity (Wildman–Crippen MR) is 185 cm³/mol. The molecule has 0 fully saturated rings. The van der Waals surface area contributed by atoms with Gasteiger partial charge >= 0.3 is 6.09 Å². The van der Waals surface area contributed by atoms with E-state index in [1.807, 2.05) is 62.4 Å². The molecule has 0 bridgehead atoms. The number of benzene rings is 2. The SMILES string of the molecule is CC(C)C[C@H](NC(=O)[C@@H](NC(=O)[C@H](CCCN=C(N)N)NC(=O)OCc1ccccc1)C(C)C)[C@H](O)CC(=O)NCCc1ccccc1. The molecule has 0 spiro atoms. The summed E-state index contributed by atoms with van der Waals surface area (Å²) >= 11 is 0. The molecule has 0 radical (unpaired) electrons. The number of aliphatic imine (C=N–C) groups is 1. The van der Waals surface area contributed by atoms with Crippen LogP contribution in [0.15, 0.2) is 65.7 Å². The lowest BCUT2D eigenvalue weighted by Gasteiger charge is -2.30. The fourth-order valence-corrected chi connectivity index (χ4v) is 4.96. The molecule has 0 saturated heterocycles. The molecule has 9 N–H and O–H groups in total. The van der Waals surface area contributed by atoms with Crippen molar-refractivity contribution in [3.8, 4) is 0 Å².